The molecule has 1 saturated heterocycles. The van der Waals surface area contributed by atoms with Crippen LogP contribution < -0.4 is 5.32 Å². The highest BCUT2D eigenvalue weighted by Gasteiger charge is 2.30. The van der Waals surface area contributed by atoms with Gasteiger partial charge in [-0.15, -0.1) is 5.73 Å². The van der Waals surface area contributed by atoms with Crippen LogP contribution in [0.5, 0.6) is 0 Å². The van der Waals surface area contributed by atoms with E-state index in [9.17, 15) is 13.6 Å². The van der Waals surface area contributed by atoms with Gasteiger partial charge in [0.2, 0.25) is 5.91 Å². The summed E-state index contributed by atoms with van der Waals surface area (Å²) in [5.74, 6) is -1.02. The fourth-order valence-corrected chi connectivity index (χ4v) is 3.74. The molecule has 0 radical (unpaired) electrons. The molecule has 29 heavy (non-hydrogen) atoms. The van der Waals surface area contributed by atoms with Crippen LogP contribution in [-0.4, -0.2) is 43.2 Å². The second-order valence-corrected chi connectivity index (χ2v) is 9.44. The van der Waals surface area contributed by atoms with Crippen LogP contribution in [0.4, 0.5) is 8.78 Å². The number of piperidine rings is 1. The Morgan fingerprint density at radius 1 is 1.34 bits per heavy atom. The van der Waals surface area contributed by atoms with Gasteiger partial charge in [-0.25, -0.2) is 8.78 Å². The highest BCUT2D eigenvalue weighted by Crippen LogP contribution is 2.25. The molecule has 1 aliphatic heterocycles. The van der Waals surface area contributed by atoms with E-state index in [0.717, 1.165) is 37.9 Å². The summed E-state index contributed by atoms with van der Waals surface area (Å²) >= 11 is 0. The molecule has 3 nitrogen and oxygen atoms in total. The smallest absolute Gasteiger partial charge is 0.227 e. The number of likely N-dealkylation sites (tertiary alicyclic amines) is 1. The number of carbonyl (C=O) groups is 1. The van der Waals surface area contributed by atoms with Crippen molar-refractivity contribution < 1.29 is 13.6 Å². The molecule has 0 spiro atoms. The number of amides is 1. The molecule has 0 bridgehead atoms. The van der Waals surface area contributed by atoms with Gasteiger partial charge in [0, 0.05) is 25.1 Å². The average molecular weight is 407 g/mol. The van der Waals surface area contributed by atoms with Crippen molar-refractivity contribution in [1.82, 2.24) is 10.2 Å². The lowest BCUT2D eigenvalue weighted by Crippen LogP contribution is -2.47. The van der Waals surface area contributed by atoms with Crippen molar-refractivity contribution >= 4 is 5.91 Å². The molecular weight excluding hydrogens is 370 g/mol. The Morgan fingerprint density at radius 3 is 2.76 bits per heavy atom. The van der Waals surface area contributed by atoms with Gasteiger partial charge in [0.1, 0.15) is 12.0 Å². The van der Waals surface area contributed by atoms with Crippen LogP contribution in [0.15, 0.2) is 41.4 Å². The number of alkyl halides is 1. The minimum Gasteiger partial charge on any atom is -0.355 e. The lowest BCUT2D eigenvalue weighted by atomic mass is 9.90. The molecule has 5 heteroatoms. The quantitative estimate of drug-likeness (QED) is 0.568. The van der Waals surface area contributed by atoms with Gasteiger partial charge >= 0.3 is 0 Å². The van der Waals surface area contributed by atoms with E-state index in [1.54, 1.807) is 12.2 Å². The lowest BCUT2D eigenvalue weighted by Gasteiger charge is -2.36. The molecule has 1 unspecified atom stereocenters. The molecule has 1 N–H and O–H groups in total. The summed E-state index contributed by atoms with van der Waals surface area (Å²) in [4.78, 5) is 15.0. The zero-order valence-electron chi connectivity index (χ0n) is 18.3. The number of allylic oxidation sites excluding steroid dienone is 4. The van der Waals surface area contributed by atoms with E-state index in [4.69, 9.17) is 0 Å². The molecule has 1 aliphatic carbocycles. The van der Waals surface area contributed by atoms with Crippen LogP contribution >= 0.6 is 0 Å². The number of halogens is 2. The van der Waals surface area contributed by atoms with Crippen molar-refractivity contribution in [3.05, 3.63) is 41.4 Å². The lowest BCUT2D eigenvalue weighted by molar-refractivity contribution is -0.124. The maximum absolute atomic E-state index is 14.7. The third kappa shape index (κ3) is 7.91. The SMILES string of the molecule is CCCC(C(=O)NC[C@@H]1CCN(CCC(C)(C)C)C[C@@H]1F)C1=CC=C(F)C=C=C1. The van der Waals surface area contributed by atoms with Crippen LogP contribution in [0.1, 0.15) is 53.4 Å². The normalized spacial score (nSPS) is 23.9. The van der Waals surface area contributed by atoms with E-state index in [1.165, 1.54) is 12.2 Å². The second-order valence-electron chi connectivity index (χ2n) is 9.44. The Kier molecular flexibility index (Phi) is 8.85. The molecule has 3 atom stereocenters. The van der Waals surface area contributed by atoms with Crippen molar-refractivity contribution in [3.63, 3.8) is 0 Å². The standard InChI is InChI=1S/C24H36F2N2O/c1-5-7-21(18-8-6-9-20(25)11-10-18)23(29)27-16-19-12-14-28(17-22(19)26)15-13-24(2,3)4/h8-11,19,21-22H,5,7,12-17H2,1-4H3,(H,27,29)/t19-,21?,22-/m0/s1. The highest BCUT2D eigenvalue weighted by atomic mass is 19.1. The average Bonchev–Trinajstić information content (AvgIpc) is 2.87. The van der Waals surface area contributed by atoms with Crippen LogP contribution in [0.3, 0.4) is 0 Å². The van der Waals surface area contributed by atoms with Gasteiger partial charge in [-0.3, -0.25) is 4.79 Å². The molecule has 162 valence electrons. The first kappa shape index (κ1) is 23.6. The van der Waals surface area contributed by atoms with Gasteiger partial charge in [-0.1, -0.05) is 40.2 Å². The van der Waals surface area contributed by atoms with Gasteiger partial charge in [-0.2, -0.15) is 0 Å². The van der Waals surface area contributed by atoms with Crippen LogP contribution in [0, 0.1) is 17.3 Å². The van der Waals surface area contributed by atoms with Crippen LogP contribution in [-0.2, 0) is 4.79 Å². The molecule has 1 fully saturated rings. The molecule has 0 aromatic rings. The van der Waals surface area contributed by atoms with Gasteiger partial charge in [-0.05, 0) is 55.5 Å². The van der Waals surface area contributed by atoms with E-state index >= 15 is 0 Å². The Morgan fingerprint density at radius 2 is 2.10 bits per heavy atom. The summed E-state index contributed by atoms with van der Waals surface area (Å²) in [5, 5.41) is 2.96. The predicted molar refractivity (Wildman–Crippen MR) is 115 cm³/mol. The monoisotopic (exact) mass is 406 g/mol. The highest BCUT2D eigenvalue weighted by molar-refractivity contribution is 5.82. The first-order valence-electron chi connectivity index (χ1n) is 10.8. The van der Waals surface area contributed by atoms with Crippen molar-refractivity contribution in [2.45, 2.75) is 59.5 Å². The summed E-state index contributed by atoms with van der Waals surface area (Å²) < 4.78 is 28.1. The van der Waals surface area contributed by atoms with Crippen LogP contribution in [0.25, 0.3) is 0 Å². The number of nitrogens with zero attached hydrogens (tertiary/aromatic N) is 1. The molecule has 2 rings (SSSR count). The predicted octanol–water partition coefficient (Wildman–Crippen LogP) is 5.12. The van der Waals surface area contributed by atoms with E-state index in [1.807, 2.05) is 6.92 Å². The Balaban J connectivity index is 1.88. The fourth-order valence-electron chi connectivity index (χ4n) is 3.74. The molecule has 1 heterocycles. The maximum Gasteiger partial charge on any atom is 0.227 e. The fraction of sp³-hybridized carbons (Fsp3) is 0.667. The molecular formula is C24H36F2N2O. The maximum atomic E-state index is 14.7. The summed E-state index contributed by atoms with van der Waals surface area (Å²) in [6.45, 7) is 11.2. The molecule has 0 aromatic heterocycles. The van der Waals surface area contributed by atoms with Crippen molar-refractivity contribution in [1.29, 1.82) is 0 Å². The van der Waals surface area contributed by atoms with Crippen molar-refractivity contribution in [3.8, 4) is 0 Å². The zero-order chi connectivity index (χ0) is 21.4. The van der Waals surface area contributed by atoms with E-state index < -0.39 is 6.17 Å². The number of hydrogen-bond donors (Lipinski definition) is 1. The van der Waals surface area contributed by atoms with Gasteiger partial charge < -0.3 is 10.2 Å². The minimum absolute atomic E-state index is 0.116. The topological polar surface area (TPSA) is 32.3 Å². The summed E-state index contributed by atoms with van der Waals surface area (Å²) in [7, 11) is 0. The largest absolute Gasteiger partial charge is 0.355 e. The van der Waals surface area contributed by atoms with Gasteiger partial charge in [0.15, 0.2) is 0 Å². The van der Waals surface area contributed by atoms with E-state index in [0.29, 0.717) is 19.5 Å². The Hall–Kier alpha value is -1.71. The second kappa shape index (κ2) is 10.9. The number of hydrogen-bond acceptors (Lipinski definition) is 2. The summed E-state index contributed by atoms with van der Waals surface area (Å²) in [5.41, 5.74) is 3.76. The van der Waals surface area contributed by atoms with Crippen molar-refractivity contribution in [2.24, 2.45) is 17.3 Å². The van der Waals surface area contributed by atoms with Gasteiger partial charge in [0.25, 0.3) is 0 Å². The first-order chi connectivity index (χ1) is 13.7. The molecule has 0 aromatic carbocycles. The molecule has 2 aliphatic rings. The van der Waals surface area contributed by atoms with E-state index in [2.05, 4.69) is 36.7 Å². The zero-order valence-corrected chi connectivity index (χ0v) is 18.3. The summed E-state index contributed by atoms with van der Waals surface area (Å²) in [6.07, 6.45) is 8.28. The third-order valence-electron chi connectivity index (χ3n) is 5.68. The van der Waals surface area contributed by atoms with Crippen molar-refractivity contribution in [2.75, 3.05) is 26.2 Å². The molecule has 0 saturated carbocycles. The van der Waals surface area contributed by atoms with Gasteiger partial charge in [0.05, 0.1) is 5.92 Å². The minimum atomic E-state index is -0.925. The summed E-state index contributed by atoms with van der Waals surface area (Å²) in [6, 6.07) is 0. The van der Waals surface area contributed by atoms with Crippen LogP contribution in [0.2, 0.25) is 0 Å². The Bertz CT molecular complexity index is 683. The number of carbonyl (C=O) groups excluding carboxylic acids is 1. The third-order valence-corrected chi connectivity index (χ3v) is 5.68. The molecule has 1 amide bonds. The number of nitrogens with one attached hydrogen (secondary N) is 1. The number of rotatable bonds is 8. The Labute approximate surface area is 174 Å². The first-order valence-corrected chi connectivity index (χ1v) is 10.8. The van der Waals surface area contributed by atoms with E-state index in [-0.39, 0.29) is 29.0 Å².